The van der Waals surface area contributed by atoms with E-state index in [0.29, 0.717) is 6.04 Å². The third-order valence-electron chi connectivity index (χ3n) is 3.78. The molecule has 19 heavy (non-hydrogen) atoms. The average Bonchev–Trinajstić information content (AvgIpc) is 2.86. The van der Waals surface area contributed by atoms with Crippen LogP contribution in [0.25, 0.3) is 0 Å². The van der Waals surface area contributed by atoms with Gasteiger partial charge in [0.25, 0.3) is 0 Å². The first-order valence-electron chi connectivity index (χ1n) is 6.88. The molecule has 100 valence electrons. The molecule has 1 fully saturated rings. The van der Waals surface area contributed by atoms with Gasteiger partial charge in [0.05, 0.1) is 12.2 Å². The summed E-state index contributed by atoms with van der Waals surface area (Å²) < 4.78 is 1.97. The van der Waals surface area contributed by atoms with Crippen LogP contribution in [-0.4, -0.2) is 27.8 Å². The fourth-order valence-corrected chi connectivity index (χ4v) is 2.85. The van der Waals surface area contributed by atoms with Crippen LogP contribution in [0.15, 0.2) is 42.6 Å². The molecule has 1 aliphatic heterocycles. The normalized spacial score (nSPS) is 20.5. The molecule has 0 amide bonds. The van der Waals surface area contributed by atoms with Crippen molar-refractivity contribution >= 4 is 5.82 Å². The van der Waals surface area contributed by atoms with Crippen LogP contribution in [0, 0.1) is 0 Å². The van der Waals surface area contributed by atoms with Gasteiger partial charge in [0.15, 0.2) is 0 Å². The van der Waals surface area contributed by atoms with E-state index in [9.17, 15) is 0 Å². The zero-order valence-corrected chi connectivity index (χ0v) is 11.1. The van der Waals surface area contributed by atoms with Crippen LogP contribution in [0.5, 0.6) is 0 Å². The zero-order chi connectivity index (χ0) is 13.1. The maximum Gasteiger partial charge on any atom is 0.122 e. The highest BCUT2D eigenvalue weighted by molar-refractivity contribution is 5.26. The lowest BCUT2D eigenvalue weighted by atomic mass is 10.0. The Morgan fingerprint density at radius 1 is 1.21 bits per heavy atom. The van der Waals surface area contributed by atoms with Crippen molar-refractivity contribution in [3.8, 4) is 0 Å². The molecule has 2 N–H and O–H groups in total. The Morgan fingerprint density at radius 3 is 2.79 bits per heavy atom. The second kappa shape index (κ2) is 5.45. The molecule has 0 saturated carbocycles. The number of piperidine rings is 1. The van der Waals surface area contributed by atoms with Gasteiger partial charge in [0.1, 0.15) is 5.82 Å². The van der Waals surface area contributed by atoms with E-state index in [1.54, 1.807) is 6.20 Å². The summed E-state index contributed by atoms with van der Waals surface area (Å²) in [5, 5.41) is 4.35. The minimum Gasteiger partial charge on any atom is -0.384 e. The molecule has 1 atom stereocenters. The van der Waals surface area contributed by atoms with Crippen molar-refractivity contribution in [2.24, 2.45) is 0 Å². The lowest BCUT2D eigenvalue weighted by Gasteiger charge is -2.33. The number of nitrogens with zero attached hydrogens (tertiary/aromatic N) is 3. The van der Waals surface area contributed by atoms with Crippen molar-refractivity contribution in [1.82, 2.24) is 14.7 Å². The van der Waals surface area contributed by atoms with Crippen molar-refractivity contribution in [2.75, 3.05) is 18.8 Å². The Bertz CT molecular complexity index is 520. The van der Waals surface area contributed by atoms with Gasteiger partial charge in [-0.3, -0.25) is 4.90 Å². The summed E-state index contributed by atoms with van der Waals surface area (Å²) in [6.45, 7) is 3.20. The molecule has 0 spiro atoms. The summed E-state index contributed by atoms with van der Waals surface area (Å²) in [4.78, 5) is 2.49. The molecule has 1 unspecified atom stereocenters. The van der Waals surface area contributed by atoms with Gasteiger partial charge >= 0.3 is 0 Å². The van der Waals surface area contributed by atoms with E-state index in [-0.39, 0.29) is 0 Å². The van der Waals surface area contributed by atoms with Gasteiger partial charge in [-0.15, -0.1) is 0 Å². The van der Waals surface area contributed by atoms with Crippen LogP contribution >= 0.6 is 0 Å². The Hall–Kier alpha value is -1.81. The van der Waals surface area contributed by atoms with Crippen LogP contribution < -0.4 is 5.73 Å². The van der Waals surface area contributed by atoms with Gasteiger partial charge in [0, 0.05) is 13.1 Å². The molecular formula is C15H20N4. The summed E-state index contributed by atoms with van der Waals surface area (Å²) in [6.07, 6.45) is 4.15. The Morgan fingerprint density at radius 2 is 2.05 bits per heavy atom. The number of benzene rings is 1. The number of aromatic nitrogens is 2. The van der Waals surface area contributed by atoms with Crippen molar-refractivity contribution in [3.05, 3.63) is 48.2 Å². The molecule has 1 aromatic carbocycles. The van der Waals surface area contributed by atoms with Gasteiger partial charge in [-0.25, -0.2) is 4.68 Å². The molecule has 1 aromatic heterocycles. The Kier molecular flexibility index (Phi) is 3.51. The first kappa shape index (κ1) is 12.2. The molecule has 2 aromatic rings. The summed E-state index contributed by atoms with van der Waals surface area (Å²) in [7, 11) is 0. The largest absolute Gasteiger partial charge is 0.384 e. The number of hydrogen-bond acceptors (Lipinski definition) is 3. The third kappa shape index (κ3) is 2.79. The van der Waals surface area contributed by atoms with E-state index in [0.717, 1.165) is 31.9 Å². The topological polar surface area (TPSA) is 47.1 Å². The molecule has 0 radical (unpaired) electrons. The highest BCUT2D eigenvalue weighted by atomic mass is 15.3. The van der Waals surface area contributed by atoms with Crippen molar-refractivity contribution in [2.45, 2.75) is 25.4 Å². The monoisotopic (exact) mass is 256 g/mol. The zero-order valence-electron chi connectivity index (χ0n) is 11.1. The van der Waals surface area contributed by atoms with Crippen molar-refractivity contribution in [1.29, 1.82) is 0 Å². The highest BCUT2D eigenvalue weighted by Gasteiger charge is 2.22. The Balaban J connectivity index is 1.67. The maximum atomic E-state index is 5.95. The first-order chi connectivity index (χ1) is 9.33. The van der Waals surface area contributed by atoms with Crippen LogP contribution in [0.1, 0.15) is 24.4 Å². The van der Waals surface area contributed by atoms with Crippen molar-refractivity contribution in [3.63, 3.8) is 0 Å². The maximum absolute atomic E-state index is 5.95. The molecule has 1 saturated heterocycles. The second-order valence-electron chi connectivity index (χ2n) is 5.22. The first-order valence-corrected chi connectivity index (χ1v) is 6.88. The van der Waals surface area contributed by atoms with Gasteiger partial charge in [-0.2, -0.15) is 5.10 Å². The van der Waals surface area contributed by atoms with E-state index in [1.807, 2.05) is 10.7 Å². The van der Waals surface area contributed by atoms with E-state index >= 15 is 0 Å². The van der Waals surface area contributed by atoms with Gasteiger partial charge in [-0.05, 0) is 31.0 Å². The van der Waals surface area contributed by atoms with Gasteiger partial charge < -0.3 is 5.73 Å². The SMILES string of the molecule is Nc1ccnn1C1CCCN(Cc2ccccc2)C1. The number of nitrogens with two attached hydrogens (primary N) is 1. The van der Waals surface area contributed by atoms with Gasteiger partial charge in [-0.1, -0.05) is 30.3 Å². The molecular weight excluding hydrogens is 236 g/mol. The summed E-state index contributed by atoms with van der Waals surface area (Å²) in [5.74, 6) is 0.770. The number of hydrogen-bond donors (Lipinski definition) is 1. The van der Waals surface area contributed by atoms with E-state index < -0.39 is 0 Å². The summed E-state index contributed by atoms with van der Waals surface area (Å²) in [5.41, 5.74) is 7.32. The fourth-order valence-electron chi connectivity index (χ4n) is 2.85. The fraction of sp³-hybridized carbons (Fsp3) is 0.400. The lowest BCUT2D eigenvalue weighted by Crippen LogP contribution is -2.36. The van der Waals surface area contributed by atoms with Gasteiger partial charge in [0.2, 0.25) is 0 Å². The molecule has 4 heteroatoms. The lowest BCUT2D eigenvalue weighted by molar-refractivity contribution is 0.164. The molecule has 0 aliphatic carbocycles. The molecule has 4 nitrogen and oxygen atoms in total. The second-order valence-corrected chi connectivity index (χ2v) is 5.22. The molecule has 3 rings (SSSR count). The number of anilines is 1. The van der Waals surface area contributed by atoms with Crippen LogP contribution in [-0.2, 0) is 6.54 Å². The van der Waals surface area contributed by atoms with E-state index in [4.69, 9.17) is 5.73 Å². The summed E-state index contributed by atoms with van der Waals surface area (Å²) >= 11 is 0. The Labute approximate surface area is 113 Å². The minimum atomic E-state index is 0.410. The number of rotatable bonds is 3. The predicted molar refractivity (Wildman–Crippen MR) is 76.6 cm³/mol. The summed E-state index contributed by atoms with van der Waals surface area (Å²) in [6, 6.07) is 12.9. The van der Waals surface area contributed by atoms with E-state index in [2.05, 4.69) is 40.3 Å². The van der Waals surface area contributed by atoms with Crippen LogP contribution in [0.4, 0.5) is 5.82 Å². The highest BCUT2D eigenvalue weighted by Crippen LogP contribution is 2.24. The van der Waals surface area contributed by atoms with E-state index in [1.165, 1.54) is 12.0 Å². The molecule has 0 bridgehead atoms. The standard InChI is InChI=1S/C15H20N4/c16-15-8-9-17-19(15)14-7-4-10-18(12-14)11-13-5-2-1-3-6-13/h1-3,5-6,8-9,14H,4,7,10-12,16H2. The quantitative estimate of drug-likeness (QED) is 0.916. The smallest absolute Gasteiger partial charge is 0.122 e. The van der Waals surface area contributed by atoms with Crippen LogP contribution in [0.2, 0.25) is 0 Å². The molecule has 2 heterocycles. The third-order valence-corrected chi connectivity index (χ3v) is 3.78. The van der Waals surface area contributed by atoms with Crippen molar-refractivity contribution < 1.29 is 0 Å². The number of nitrogen functional groups attached to an aromatic ring is 1. The predicted octanol–water partition coefficient (Wildman–Crippen LogP) is 2.30. The molecule has 1 aliphatic rings. The van der Waals surface area contributed by atoms with Crippen LogP contribution in [0.3, 0.4) is 0 Å². The minimum absolute atomic E-state index is 0.410. The number of likely N-dealkylation sites (tertiary alicyclic amines) is 1. The average molecular weight is 256 g/mol.